The van der Waals surface area contributed by atoms with Crippen LogP contribution in [0.25, 0.3) is 0 Å². The zero-order chi connectivity index (χ0) is 19.3. The number of nitrogens with zero attached hydrogens (tertiary/aromatic N) is 2. The topological polar surface area (TPSA) is 35.6 Å². The smallest absolute Gasteiger partial charge is 0.317 e. The fourth-order valence-corrected chi connectivity index (χ4v) is 6.88. The van der Waals surface area contributed by atoms with E-state index >= 15 is 0 Å². The number of amides is 2. The number of piperidine rings is 1. The summed E-state index contributed by atoms with van der Waals surface area (Å²) >= 11 is 0. The van der Waals surface area contributed by atoms with Crippen molar-refractivity contribution in [2.24, 2.45) is 11.8 Å². The number of nitrogens with one attached hydrogen (secondary N) is 1. The highest BCUT2D eigenvalue weighted by molar-refractivity contribution is 5.74. The Morgan fingerprint density at radius 3 is 2.54 bits per heavy atom. The Morgan fingerprint density at radius 2 is 1.86 bits per heavy atom. The van der Waals surface area contributed by atoms with Gasteiger partial charge in [-0.05, 0) is 86.4 Å². The van der Waals surface area contributed by atoms with Gasteiger partial charge in [0, 0.05) is 20.1 Å². The molecule has 1 aromatic carbocycles. The van der Waals surface area contributed by atoms with Gasteiger partial charge in [0.2, 0.25) is 0 Å². The fourth-order valence-electron chi connectivity index (χ4n) is 6.88. The van der Waals surface area contributed by atoms with Crippen LogP contribution in [0, 0.1) is 11.8 Å². The molecule has 2 amide bonds. The third-order valence-electron chi connectivity index (χ3n) is 8.45. The summed E-state index contributed by atoms with van der Waals surface area (Å²) < 4.78 is 0. The molecule has 1 saturated heterocycles. The van der Waals surface area contributed by atoms with Crippen molar-refractivity contribution in [3.8, 4) is 0 Å². The Bertz CT molecular complexity index is 737. The number of rotatable bonds is 2. The SMILES string of the molecule is CN(C)C(=O)N[C@H]1CCC2(CCN([C@@H]3C[C@@H]4CC[C@@H]3C4)CC2)c2ccccc21. The number of hydrogen-bond donors (Lipinski definition) is 1. The molecule has 3 aliphatic carbocycles. The van der Waals surface area contributed by atoms with Crippen LogP contribution in [0.5, 0.6) is 0 Å². The minimum Gasteiger partial charge on any atom is -0.331 e. The maximum Gasteiger partial charge on any atom is 0.317 e. The van der Waals surface area contributed by atoms with Gasteiger partial charge in [0.1, 0.15) is 0 Å². The Morgan fingerprint density at radius 1 is 1.07 bits per heavy atom. The van der Waals surface area contributed by atoms with Crippen LogP contribution in [-0.2, 0) is 5.41 Å². The molecule has 4 nitrogen and oxygen atoms in total. The summed E-state index contributed by atoms with van der Waals surface area (Å²) in [6.45, 7) is 2.52. The summed E-state index contributed by atoms with van der Waals surface area (Å²) in [4.78, 5) is 16.7. The molecule has 4 atom stereocenters. The summed E-state index contributed by atoms with van der Waals surface area (Å²) in [7, 11) is 3.63. The Kier molecular flexibility index (Phi) is 4.65. The van der Waals surface area contributed by atoms with E-state index in [1.807, 2.05) is 14.1 Å². The Labute approximate surface area is 169 Å². The lowest BCUT2D eigenvalue weighted by Gasteiger charge is -2.49. The van der Waals surface area contributed by atoms with Crippen LogP contribution >= 0.6 is 0 Å². The van der Waals surface area contributed by atoms with Crippen molar-refractivity contribution in [3.05, 3.63) is 35.4 Å². The number of benzene rings is 1. The molecule has 1 N–H and O–H groups in total. The highest BCUT2D eigenvalue weighted by Gasteiger charge is 2.47. The molecule has 4 heteroatoms. The van der Waals surface area contributed by atoms with Gasteiger partial charge in [-0.3, -0.25) is 0 Å². The summed E-state index contributed by atoms with van der Waals surface area (Å²) in [5, 5.41) is 3.24. The van der Waals surface area contributed by atoms with Gasteiger partial charge in [-0.25, -0.2) is 4.79 Å². The monoisotopic (exact) mass is 381 g/mol. The van der Waals surface area contributed by atoms with Crippen molar-refractivity contribution < 1.29 is 4.79 Å². The lowest BCUT2D eigenvalue weighted by Crippen LogP contribution is -2.50. The normalized spacial score (nSPS) is 33.6. The third kappa shape index (κ3) is 3.04. The fraction of sp³-hybridized carbons (Fsp3) is 0.708. The predicted octanol–water partition coefficient (Wildman–Crippen LogP) is 4.31. The van der Waals surface area contributed by atoms with E-state index in [1.165, 1.54) is 69.2 Å². The van der Waals surface area contributed by atoms with E-state index < -0.39 is 0 Å². The van der Waals surface area contributed by atoms with Gasteiger partial charge >= 0.3 is 6.03 Å². The Hall–Kier alpha value is -1.55. The van der Waals surface area contributed by atoms with Crippen molar-refractivity contribution in [2.75, 3.05) is 27.2 Å². The van der Waals surface area contributed by atoms with E-state index in [4.69, 9.17) is 0 Å². The quantitative estimate of drug-likeness (QED) is 0.828. The first-order chi connectivity index (χ1) is 13.6. The first-order valence-electron chi connectivity index (χ1n) is 11.4. The average molecular weight is 382 g/mol. The maximum absolute atomic E-state index is 12.2. The van der Waals surface area contributed by atoms with Crippen molar-refractivity contribution in [2.45, 2.75) is 68.9 Å². The molecule has 2 bridgehead atoms. The van der Waals surface area contributed by atoms with Crippen LogP contribution in [0.2, 0.25) is 0 Å². The summed E-state index contributed by atoms with van der Waals surface area (Å²) in [5.74, 6) is 2.02. The zero-order valence-corrected chi connectivity index (χ0v) is 17.5. The second kappa shape index (κ2) is 7.05. The van der Waals surface area contributed by atoms with Crippen molar-refractivity contribution >= 4 is 6.03 Å². The number of carbonyl (C=O) groups is 1. The third-order valence-corrected chi connectivity index (χ3v) is 8.45. The van der Waals surface area contributed by atoms with Crippen LogP contribution < -0.4 is 5.32 Å². The van der Waals surface area contributed by atoms with E-state index in [9.17, 15) is 4.79 Å². The van der Waals surface area contributed by atoms with E-state index in [0.29, 0.717) is 5.41 Å². The van der Waals surface area contributed by atoms with Crippen LogP contribution in [0.3, 0.4) is 0 Å². The molecule has 1 heterocycles. The molecule has 2 saturated carbocycles. The highest BCUT2D eigenvalue weighted by atomic mass is 16.2. The Balaban J connectivity index is 1.32. The van der Waals surface area contributed by atoms with Gasteiger partial charge in [0.25, 0.3) is 0 Å². The molecule has 152 valence electrons. The molecule has 28 heavy (non-hydrogen) atoms. The van der Waals surface area contributed by atoms with Crippen molar-refractivity contribution in [3.63, 3.8) is 0 Å². The molecule has 4 aliphatic rings. The number of fused-ring (bicyclic) bond motifs is 4. The maximum atomic E-state index is 12.2. The van der Waals surface area contributed by atoms with E-state index in [1.54, 1.807) is 4.90 Å². The number of urea groups is 1. The van der Waals surface area contributed by atoms with Crippen molar-refractivity contribution in [1.29, 1.82) is 0 Å². The number of carbonyl (C=O) groups excluding carboxylic acids is 1. The van der Waals surface area contributed by atoms with Crippen LogP contribution in [-0.4, -0.2) is 49.1 Å². The molecular weight excluding hydrogens is 346 g/mol. The van der Waals surface area contributed by atoms with E-state index in [0.717, 1.165) is 24.3 Å². The van der Waals surface area contributed by atoms with Gasteiger partial charge in [-0.15, -0.1) is 0 Å². The molecule has 1 spiro atoms. The van der Waals surface area contributed by atoms with Crippen LogP contribution in [0.15, 0.2) is 24.3 Å². The molecule has 0 radical (unpaired) electrons. The van der Waals surface area contributed by atoms with Gasteiger partial charge in [-0.1, -0.05) is 30.7 Å². The van der Waals surface area contributed by atoms with E-state index in [2.05, 4.69) is 34.5 Å². The molecule has 1 aromatic rings. The first-order valence-corrected chi connectivity index (χ1v) is 11.4. The molecule has 5 rings (SSSR count). The summed E-state index contributed by atoms with van der Waals surface area (Å²) in [6, 6.07) is 9.97. The highest BCUT2D eigenvalue weighted by Crippen LogP contribution is 2.51. The second-order valence-electron chi connectivity index (χ2n) is 10.1. The minimum atomic E-state index is 0.0156. The number of hydrogen-bond acceptors (Lipinski definition) is 2. The largest absolute Gasteiger partial charge is 0.331 e. The van der Waals surface area contributed by atoms with Crippen LogP contribution in [0.1, 0.15) is 68.5 Å². The number of likely N-dealkylation sites (tertiary alicyclic amines) is 1. The second-order valence-corrected chi connectivity index (χ2v) is 10.1. The predicted molar refractivity (Wildman–Crippen MR) is 112 cm³/mol. The first kappa shape index (κ1) is 18.5. The molecule has 1 aliphatic heterocycles. The molecule has 0 aromatic heterocycles. The molecular formula is C24H35N3O. The van der Waals surface area contributed by atoms with Gasteiger partial charge in [0.15, 0.2) is 0 Å². The lowest BCUT2D eigenvalue weighted by molar-refractivity contribution is 0.0748. The summed E-state index contributed by atoms with van der Waals surface area (Å²) in [6.07, 6.45) is 10.8. The standard InChI is InChI=1S/C24H35N3O/c1-26(2)23(28)25-21-9-10-24(20-6-4-3-5-19(20)21)11-13-27(14-12-24)22-16-17-7-8-18(22)15-17/h3-6,17-18,21-22H,7-16H2,1-2H3,(H,25,28)/t17-,18-,21+,22-/m1/s1. The van der Waals surface area contributed by atoms with Gasteiger partial charge in [-0.2, -0.15) is 0 Å². The zero-order valence-electron chi connectivity index (χ0n) is 17.5. The van der Waals surface area contributed by atoms with Gasteiger partial charge in [0.05, 0.1) is 6.04 Å². The minimum absolute atomic E-state index is 0.0156. The van der Waals surface area contributed by atoms with Crippen LogP contribution in [0.4, 0.5) is 4.79 Å². The molecule has 3 fully saturated rings. The molecule has 0 unspecified atom stereocenters. The summed E-state index contributed by atoms with van der Waals surface area (Å²) in [5.41, 5.74) is 3.19. The lowest BCUT2D eigenvalue weighted by atomic mass is 9.63. The van der Waals surface area contributed by atoms with Crippen molar-refractivity contribution in [1.82, 2.24) is 15.1 Å². The van der Waals surface area contributed by atoms with E-state index in [-0.39, 0.29) is 12.1 Å². The average Bonchev–Trinajstić information content (AvgIpc) is 3.34. The van der Waals surface area contributed by atoms with Gasteiger partial charge < -0.3 is 15.1 Å².